The zero-order chi connectivity index (χ0) is 23.9. The topological polar surface area (TPSA) is 124 Å². The average molecular weight is 517 g/mol. The van der Waals surface area contributed by atoms with E-state index in [4.69, 9.17) is 15.0 Å². The van der Waals surface area contributed by atoms with Crippen LogP contribution in [0.15, 0.2) is 59.2 Å². The fourth-order valence-electron chi connectivity index (χ4n) is 2.04. The Balaban J connectivity index is 0.000000451. The fourth-order valence-corrected chi connectivity index (χ4v) is 2.33. The third kappa shape index (κ3) is 7.50. The number of anilines is 4. The molecule has 0 saturated carbocycles. The number of nitrogens with zero attached hydrogens (tertiary/aromatic N) is 2. The van der Waals surface area contributed by atoms with Crippen molar-refractivity contribution in [3.05, 3.63) is 70.6 Å². The van der Waals surface area contributed by atoms with Crippen molar-refractivity contribution >= 4 is 51.0 Å². The van der Waals surface area contributed by atoms with E-state index in [2.05, 4.69) is 36.5 Å². The summed E-state index contributed by atoms with van der Waals surface area (Å²) in [6.45, 7) is 0. The van der Waals surface area contributed by atoms with Crippen LogP contribution in [-0.4, -0.2) is 38.3 Å². The lowest BCUT2D eigenvalue weighted by Crippen LogP contribution is -2.21. The average Bonchev–Trinajstić information content (AvgIpc) is 2.71. The van der Waals surface area contributed by atoms with Gasteiger partial charge in [0, 0.05) is 17.6 Å². The van der Waals surface area contributed by atoms with Crippen LogP contribution >= 0.6 is 15.9 Å². The highest BCUT2D eigenvalue weighted by atomic mass is 79.9. The second kappa shape index (κ2) is 10.5. The molecule has 4 N–H and O–H groups in total. The number of hydrogen-bond donors (Lipinski definition) is 4. The third-order valence-electron chi connectivity index (χ3n) is 3.46. The van der Waals surface area contributed by atoms with Crippen LogP contribution in [-0.2, 0) is 4.79 Å². The number of alkyl halides is 3. The molecule has 0 radical (unpaired) electrons. The van der Waals surface area contributed by atoms with Crippen molar-refractivity contribution in [1.82, 2.24) is 9.97 Å². The summed E-state index contributed by atoms with van der Waals surface area (Å²) >= 11 is 3.34. The molecule has 32 heavy (non-hydrogen) atoms. The van der Waals surface area contributed by atoms with Gasteiger partial charge in [-0.15, -0.1) is 0 Å². The smallest absolute Gasteiger partial charge is 0.478 e. The molecule has 0 unspecified atom stereocenters. The first-order chi connectivity index (χ1) is 15.0. The Hall–Kier alpha value is -3.74. The highest BCUT2D eigenvalue weighted by Crippen LogP contribution is 2.25. The minimum Gasteiger partial charge on any atom is -0.478 e. The highest BCUT2D eigenvalue weighted by molar-refractivity contribution is 9.10. The standard InChI is InChI=1S/C17H12BrFN4O2.C2HF3O2/c18-14-9-20-17(22-12-6-4-10(5-7-12)16(24)25)23-15(14)21-13-3-1-2-11(19)8-13;3-2(4,5)1(6)7/h1-9H,(H,24,25)(H2,20,21,22,23);(H,6,7). The molecule has 8 nitrogen and oxygen atoms in total. The Morgan fingerprint density at radius 3 is 2.12 bits per heavy atom. The van der Waals surface area contributed by atoms with Crippen LogP contribution in [0.3, 0.4) is 0 Å². The van der Waals surface area contributed by atoms with Crippen molar-refractivity contribution in [1.29, 1.82) is 0 Å². The molecule has 0 saturated heterocycles. The van der Waals surface area contributed by atoms with Gasteiger partial charge in [-0.3, -0.25) is 0 Å². The van der Waals surface area contributed by atoms with Crippen molar-refractivity contribution in [2.45, 2.75) is 6.18 Å². The van der Waals surface area contributed by atoms with E-state index in [-0.39, 0.29) is 11.4 Å². The summed E-state index contributed by atoms with van der Waals surface area (Å²) < 4.78 is 45.6. The minimum absolute atomic E-state index is 0.190. The van der Waals surface area contributed by atoms with Crippen LogP contribution in [0.5, 0.6) is 0 Å². The molecule has 13 heteroatoms. The number of benzene rings is 2. The number of carboxylic acids is 2. The van der Waals surface area contributed by atoms with Crippen LogP contribution in [0.4, 0.5) is 40.7 Å². The maximum absolute atomic E-state index is 13.3. The van der Waals surface area contributed by atoms with Gasteiger partial charge in [-0.1, -0.05) is 6.07 Å². The SMILES string of the molecule is O=C(O)C(F)(F)F.O=C(O)c1ccc(Nc2ncc(Br)c(Nc3cccc(F)c3)n2)cc1. The lowest BCUT2D eigenvalue weighted by molar-refractivity contribution is -0.192. The van der Waals surface area contributed by atoms with Gasteiger partial charge in [-0.2, -0.15) is 18.2 Å². The number of rotatable bonds is 5. The lowest BCUT2D eigenvalue weighted by atomic mass is 10.2. The molecule has 0 aliphatic carbocycles. The lowest BCUT2D eigenvalue weighted by Gasteiger charge is -2.10. The van der Waals surface area contributed by atoms with E-state index in [1.165, 1.54) is 24.3 Å². The van der Waals surface area contributed by atoms with Crippen LogP contribution in [0.2, 0.25) is 0 Å². The van der Waals surface area contributed by atoms with Gasteiger partial charge in [-0.05, 0) is 58.4 Å². The first-order valence-electron chi connectivity index (χ1n) is 8.41. The molecule has 0 aliphatic rings. The van der Waals surface area contributed by atoms with Crippen LogP contribution in [0.1, 0.15) is 10.4 Å². The number of hydrogen-bond acceptors (Lipinski definition) is 6. The zero-order valence-electron chi connectivity index (χ0n) is 15.7. The summed E-state index contributed by atoms with van der Waals surface area (Å²) in [7, 11) is 0. The maximum Gasteiger partial charge on any atom is 0.490 e. The fraction of sp³-hybridized carbons (Fsp3) is 0.0526. The summed E-state index contributed by atoms with van der Waals surface area (Å²) in [5.41, 5.74) is 1.39. The van der Waals surface area contributed by atoms with Gasteiger partial charge < -0.3 is 20.8 Å². The van der Waals surface area contributed by atoms with Gasteiger partial charge in [0.1, 0.15) is 11.6 Å². The van der Waals surface area contributed by atoms with Crippen molar-refractivity contribution in [3.63, 3.8) is 0 Å². The molecule has 168 valence electrons. The third-order valence-corrected chi connectivity index (χ3v) is 4.04. The molecule has 0 fully saturated rings. The van der Waals surface area contributed by atoms with Gasteiger partial charge in [-0.25, -0.2) is 19.0 Å². The van der Waals surface area contributed by atoms with E-state index in [0.717, 1.165) is 0 Å². The first kappa shape index (κ1) is 24.5. The van der Waals surface area contributed by atoms with Gasteiger partial charge in [0.15, 0.2) is 0 Å². The molecule has 0 bridgehead atoms. The van der Waals surface area contributed by atoms with Crippen molar-refractivity contribution in [3.8, 4) is 0 Å². The van der Waals surface area contributed by atoms with Gasteiger partial charge in [0.2, 0.25) is 5.95 Å². The molecule has 1 heterocycles. The quantitative estimate of drug-likeness (QED) is 0.341. The van der Waals surface area contributed by atoms with E-state index in [9.17, 15) is 22.4 Å². The summed E-state index contributed by atoms with van der Waals surface area (Å²) in [6.07, 6.45) is -3.53. The van der Waals surface area contributed by atoms with E-state index >= 15 is 0 Å². The Bertz CT molecular complexity index is 1110. The van der Waals surface area contributed by atoms with E-state index in [1.54, 1.807) is 30.5 Å². The Morgan fingerprint density at radius 2 is 1.59 bits per heavy atom. The highest BCUT2D eigenvalue weighted by Gasteiger charge is 2.38. The van der Waals surface area contributed by atoms with Crippen molar-refractivity contribution in [2.75, 3.05) is 10.6 Å². The molecule has 0 aliphatic heterocycles. The van der Waals surface area contributed by atoms with E-state index in [0.29, 0.717) is 27.6 Å². The molecular formula is C19H13BrF4N4O4. The molecule has 2 aromatic carbocycles. The van der Waals surface area contributed by atoms with Crippen molar-refractivity contribution < 1.29 is 37.4 Å². The summed E-state index contributed by atoms with van der Waals surface area (Å²) in [6, 6.07) is 12.2. The van der Waals surface area contributed by atoms with E-state index in [1.807, 2.05) is 0 Å². The monoisotopic (exact) mass is 516 g/mol. The number of aliphatic carboxylic acids is 1. The predicted molar refractivity (Wildman–Crippen MR) is 110 cm³/mol. The Labute approximate surface area is 186 Å². The number of halogens is 5. The van der Waals surface area contributed by atoms with Crippen molar-refractivity contribution in [2.24, 2.45) is 0 Å². The summed E-state index contributed by atoms with van der Waals surface area (Å²) in [5, 5.41) is 22.0. The van der Waals surface area contributed by atoms with Crippen LogP contribution in [0.25, 0.3) is 0 Å². The molecular weight excluding hydrogens is 504 g/mol. The number of aromatic carboxylic acids is 1. The van der Waals surface area contributed by atoms with Gasteiger partial charge >= 0.3 is 18.1 Å². The van der Waals surface area contributed by atoms with Crippen LogP contribution in [0, 0.1) is 5.82 Å². The zero-order valence-corrected chi connectivity index (χ0v) is 17.3. The first-order valence-corrected chi connectivity index (χ1v) is 9.20. The molecule has 3 rings (SSSR count). The van der Waals surface area contributed by atoms with E-state index < -0.39 is 18.1 Å². The van der Waals surface area contributed by atoms with Gasteiger partial charge in [0.05, 0.1) is 10.0 Å². The normalized spacial score (nSPS) is 10.5. The Morgan fingerprint density at radius 1 is 0.969 bits per heavy atom. The Kier molecular flexibility index (Phi) is 8.07. The second-order valence-electron chi connectivity index (χ2n) is 5.84. The number of nitrogens with one attached hydrogen (secondary N) is 2. The van der Waals surface area contributed by atoms with Gasteiger partial charge in [0.25, 0.3) is 0 Å². The predicted octanol–water partition coefficient (Wildman–Crippen LogP) is 5.20. The van der Waals surface area contributed by atoms with Crippen LogP contribution < -0.4 is 10.6 Å². The number of aromatic nitrogens is 2. The summed E-state index contributed by atoms with van der Waals surface area (Å²) in [4.78, 5) is 28.2. The molecule has 3 aromatic rings. The minimum atomic E-state index is -5.08. The largest absolute Gasteiger partial charge is 0.490 e. The molecule has 1 aromatic heterocycles. The summed E-state index contributed by atoms with van der Waals surface area (Å²) in [5.74, 6) is -3.33. The molecule has 0 amide bonds. The number of carbonyl (C=O) groups is 2. The molecule has 0 atom stereocenters. The maximum atomic E-state index is 13.3. The number of carboxylic acid groups (broad SMARTS) is 2. The molecule has 0 spiro atoms. The second-order valence-corrected chi connectivity index (χ2v) is 6.69.